The quantitative estimate of drug-likeness (QED) is 0.141. The van der Waals surface area contributed by atoms with E-state index in [1.54, 1.807) is 0 Å². The van der Waals surface area contributed by atoms with Crippen molar-refractivity contribution in [3.05, 3.63) is 245 Å². The zero-order valence-electron chi connectivity index (χ0n) is 36.9. The van der Waals surface area contributed by atoms with Gasteiger partial charge < -0.3 is 4.57 Å². The Morgan fingerprint density at radius 3 is 1.72 bits per heavy atom. The van der Waals surface area contributed by atoms with E-state index in [0.29, 0.717) is 0 Å². The van der Waals surface area contributed by atoms with Crippen molar-refractivity contribution in [1.82, 2.24) is 4.57 Å². The summed E-state index contributed by atoms with van der Waals surface area (Å²) in [4.78, 5) is 0. The first-order chi connectivity index (χ1) is 31.2. The summed E-state index contributed by atoms with van der Waals surface area (Å²) >= 11 is 0. The number of hydrogen-bond donors (Lipinski definition) is 0. The predicted molar refractivity (Wildman–Crippen MR) is 271 cm³/mol. The highest BCUT2D eigenvalue weighted by atomic mass is 15.0. The van der Waals surface area contributed by atoms with Crippen LogP contribution in [0.2, 0.25) is 0 Å². The maximum Gasteiger partial charge on any atom is 0.0544 e. The van der Waals surface area contributed by atoms with Gasteiger partial charge in [-0.1, -0.05) is 204 Å². The van der Waals surface area contributed by atoms with Gasteiger partial charge >= 0.3 is 0 Å². The van der Waals surface area contributed by atoms with Gasteiger partial charge in [0.05, 0.1) is 11.0 Å². The van der Waals surface area contributed by atoms with Crippen molar-refractivity contribution >= 4 is 33.5 Å². The lowest BCUT2D eigenvalue weighted by atomic mass is 9.78. The summed E-state index contributed by atoms with van der Waals surface area (Å²) in [6, 6.07) is 76.7. The minimum atomic E-state index is -0.120. The van der Waals surface area contributed by atoms with E-state index in [0.717, 1.165) is 6.42 Å². The van der Waals surface area contributed by atoms with Crippen molar-refractivity contribution in [2.45, 2.75) is 44.9 Å². The van der Waals surface area contributed by atoms with Gasteiger partial charge in [-0.15, -0.1) is 0 Å². The largest absolute Gasteiger partial charge is 0.309 e. The van der Waals surface area contributed by atoms with Crippen LogP contribution >= 0.6 is 0 Å². The van der Waals surface area contributed by atoms with Gasteiger partial charge in [-0.3, -0.25) is 0 Å². The highest BCUT2D eigenvalue weighted by Crippen LogP contribution is 2.53. The molecule has 0 amide bonds. The molecule has 0 radical (unpaired) electrons. The van der Waals surface area contributed by atoms with E-state index in [1.165, 1.54) is 117 Å². The number of allylic oxidation sites excluding steroid dienone is 1. The van der Waals surface area contributed by atoms with Crippen molar-refractivity contribution in [2.75, 3.05) is 0 Å². The minimum absolute atomic E-state index is 0.0753. The molecule has 0 atom stereocenters. The first-order valence-electron chi connectivity index (χ1n) is 22.7. The van der Waals surface area contributed by atoms with Crippen LogP contribution in [0.5, 0.6) is 0 Å². The third-order valence-electron chi connectivity index (χ3n) is 14.4. The van der Waals surface area contributed by atoms with Crippen LogP contribution < -0.4 is 0 Å². The summed E-state index contributed by atoms with van der Waals surface area (Å²) in [6.45, 7) is 9.52. The molecular formula is C63H49N. The molecule has 0 saturated heterocycles. The molecule has 0 fully saturated rings. The van der Waals surface area contributed by atoms with E-state index >= 15 is 0 Å². The Hall–Kier alpha value is -7.48. The summed E-state index contributed by atoms with van der Waals surface area (Å²) in [5.41, 5.74) is 24.5. The third-order valence-corrected chi connectivity index (χ3v) is 14.4. The number of para-hydroxylation sites is 1. The molecule has 0 unspecified atom stereocenters. The van der Waals surface area contributed by atoms with Gasteiger partial charge in [0.1, 0.15) is 0 Å². The van der Waals surface area contributed by atoms with Gasteiger partial charge in [-0.2, -0.15) is 0 Å². The molecule has 2 aliphatic rings. The summed E-state index contributed by atoms with van der Waals surface area (Å²) < 4.78 is 2.46. The zero-order valence-corrected chi connectivity index (χ0v) is 36.9. The van der Waals surface area contributed by atoms with E-state index in [1.807, 2.05) is 0 Å². The summed E-state index contributed by atoms with van der Waals surface area (Å²) in [5, 5.41) is 2.56. The molecule has 1 aromatic heterocycles. The highest BCUT2D eigenvalue weighted by molar-refractivity contribution is 6.12. The van der Waals surface area contributed by atoms with E-state index < -0.39 is 0 Å². The lowest BCUT2D eigenvalue weighted by Crippen LogP contribution is -2.17. The molecule has 306 valence electrons. The molecule has 0 saturated carbocycles. The molecular weight excluding hydrogens is 771 g/mol. The van der Waals surface area contributed by atoms with Gasteiger partial charge in [0.15, 0.2) is 0 Å². The Morgan fingerprint density at radius 2 is 0.984 bits per heavy atom. The number of rotatable bonds is 7. The Balaban J connectivity index is 0.961. The van der Waals surface area contributed by atoms with Crippen molar-refractivity contribution in [3.63, 3.8) is 0 Å². The van der Waals surface area contributed by atoms with Crippen molar-refractivity contribution < 1.29 is 0 Å². The van der Waals surface area contributed by atoms with Crippen LogP contribution in [-0.2, 0) is 17.3 Å². The Bertz CT molecular complexity index is 3470. The van der Waals surface area contributed by atoms with Crippen LogP contribution in [0.15, 0.2) is 206 Å². The smallest absolute Gasteiger partial charge is 0.0544 e. The number of hydrogen-bond acceptors (Lipinski definition) is 0. The number of nitrogens with zero attached hydrogens (tertiary/aromatic N) is 1. The monoisotopic (exact) mass is 819 g/mol. The molecule has 12 rings (SSSR count). The van der Waals surface area contributed by atoms with Crippen LogP contribution in [-0.4, -0.2) is 4.57 Å². The normalized spacial score (nSPS) is 14.3. The fourth-order valence-corrected chi connectivity index (χ4v) is 11.2. The number of benzene rings is 9. The standard InChI is InChI=1S/C63H49N/c1-62(2)56-24-13-12-21-51(56)53-39-55-54-38-46(34-35-59(54)64(60(55)40-58(53)62)48-18-9-6-10-19-48)45-32-28-42(29-33-45)37-47(36-41-26-30-44(31-27-41)43-16-7-5-8-17-43)49-22-15-23-52-50-20-11-14-25-57(50)63(3,4)61(49)52/h5-35,37-40H,36H2,1-4H3/b47-37-. The lowest BCUT2D eigenvalue weighted by Gasteiger charge is -2.25. The average molecular weight is 820 g/mol. The molecule has 1 heterocycles. The summed E-state index contributed by atoms with van der Waals surface area (Å²) in [5.74, 6) is 0. The summed E-state index contributed by atoms with van der Waals surface area (Å²) in [7, 11) is 0. The van der Waals surface area contributed by atoms with Crippen LogP contribution in [0, 0.1) is 0 Å². The van der Waals surface area contributed by atoms with Crippen LogP contribution in [0.25, 0.3) is 83.6 Å². The van der Waals surface area contributed by atoms with Gasteiger partial charge in [0.25, 0.3) is 0 Å². The molecule has 0 aliphatic heterocycles. The molecule has 10 aromatic rings. The maximum absolute atomic E-state index is 2.47. The first-order valence-corrected chi connectivity index (χ1v) is 22.7. The molecule has 2 aliphatic carbocycles. The second kappa shape index (κ2) is 14.5. The Kier molecular flexibility index (Phi) is 8.68. The fraction of sp³-hybridized carbons (Fsp3) is 0.111. The summed E-state index contributed by atoms with van der Waals surface area (Å²) in [6.07, 6.45) is 3.26. The molecule has 0 N–H and O–H groups in total. The van der Waals surface area contributed by atoms with Crippen molar-refractivity contribution in [3.8, 4) is 50.2 Å². The minimum Gasteiger partial charge on any atom is -0.309 e. The Morgan fingerprint density at radius 1 is 0.422 bits per heavy atom. The molecule has 0 bridgehead atoms. The van der Waals surface area contributed by atoms with Crippen LogP contribution in [0.4, 0.5) is 0 Å². The molecule has 1 nitrogen and oxygen atoms in total. The van der Waals surface area contributed by atoms with Gasteiger partial charge in [-0.05, 0) is 132 Å². The van der Waals surface area contributed by atoms with E-state index in [2.05, 4.69) is 245 Å². The lowest BCUT2D eigenvalue weighted by molar-refractivity contribution is 0.658. The van der Waals surface area contributed by atoms with Gasteiger partial charge in [-0.25, -0.2) is 0 Å². The highest BCUT2D eigenvalue weighted by Gasteiger charge is 2.38. The fourth-order valence-electron chi connectivity index (χ4n) is 11.2. The Labute approximate surface area is 376 Å². The number of aromatic nitrogens is 1. The molecule has 1 heteroatoms. The predicted octanol–water partition coefficient (Wildman–Crippen LogP) is 16.5. The second-order valence-electron chi connectivity index (χ2n) is 18.9. The third kappa shape index (κ3) is 5.99. The van der Waals surface area contributed by atoms with E-state index in [4.69, 9.17) is 0 Å². The SMILES string of the molecule is CC1(C)c2ccccc2-c2cc3c4cc(-c5ccc(/C=C(/Cc6ccc(-c7ccccc7)cc6)c6cccc7c6C(C)(C)c6ccccc6-7)cc5)ccc4n(-c4ccccc4)c3cc21. The molecule has 9 aromatic carbocycles. The maximum atomic E-state index is 2.47. The van der Waals surface area contributed by atoms with Crippen molar-refractivity contribution in [2.24, 2.45) is 0 Å². The van der Waals surface area contributed by atoms with Gasteiger partial charge in [0, 0.05) is 27.3 Å². The topological polar surface area (TPSA) is 4.93 Å². The van der Waals surface area contributed by atoms with E-state index in [9.17, 15) is 0 Å². The second-order valence-corrected chi connectivity index (χ2v) is 18.9. The van der Waals surface area contributed by atoms with Crippen LogP contribution in [0.3, 0.4) is 0 Å². The van der Waals surface area contributed by atoms with Gasteiger partial charge in [0.2, 0.25) is 0 Å². The average Bonchev–Trinajstić information content (AvgIpc) is 3.87. The molecule has 64 heavy (non-hydrogen) atoms. The van der Waals surface area contributed by atoms with Crippen LogP contribution in [0.1, 0.15) is 66.6 Å². The zero-order chi connectivity index (χ0) is 43.2. The van der Waals surface area contributed by atoms with Crippen molar-refractivity contribution in [1.29, 1.82) is 0 Å². The van der Waals surface area contributed by atoms with E-state index in [-0.39, 0.29) is 10.8 Å². The molecule has 0 spiro atoms. The number of fused-ring (bicyclic) bond motifs is 9. The first kappa shape index (κ1) is 38.2.